The van der Waals surface area contributed by atoms with E-state index in [1.54, 1.807) is 0 Å². The average molecular weight is 168 g/mol. The molecule has 0 spiro atoms. The number of likely N-dealkylation sites (tertiary alicyclic amines) is 1. The molecule has 0 aromatic heterocycles. The molecule has 3 heteroatoms. The van der Waals surface area contributed by atoms with Gasteiger partial charge in [0.2, 0.25) is 0 Å². The van der Waals surface area contributed by atoms with Crippen molar-refractivity contribution in [3.8, 4) is 0 Å². The van der Waals surface area contributed by atoms with E-state index in [4.69, 9.17) is 10.1 Å². The van der Waals surface area contributed by atoms with Gasteiger partial charge in [-0.05, 0) is 25.7 Å². The van der Waals surface area contributed by atoms with Crippen LogP contribution in [0.5, 0.6) is 0 Å². The lowest BCUT2D eigenvalue weighted by atomic mass is 10.2. The van der Waals surface area contributed by atoms with Gasteiger partial charge in [0.05, 0.1) is 0 Å². The number of hydrogen-bond donors (Lipinski definition) is 1. The number of nitrogens with zero attached hydrogens (tertiary/aromatic N) is 1. The molecule has 1 unspecified atom stereocenters. The van der Waals surface area contributed by atoms with Gasteiger partial charge in [-0.1, -0.05) is 0 Å². The van der Waals surface area contributed by atoms with Crippen molar-refractivity contribution in [1.82, 2.24) is 4.90 Å². The molecule has 3 nitrogen and oxygen atoms in total. The van der Waals surface area contributed by atoms with Crippen molar-refractivity contribution in [3.63, 3.8) is 0 Å². The summed E-state index contributed by atoms with van der Waals surface area (Å²) in [5, 5.41) is 7.88. The lowest BCUT2D eigenvalue weighted by molar-refractivity contribution is 0.148. The van der Waals surface area contributed by atoms with E-state index in [2.05, 4.69) is 4.90 Å². The van der Waals surface area contributed by atoms with Gasteiger partial charge in [0.1, 0.15) is 11.9 Å². The summed E-state index contributed by atoms with van der Waals surface area (Å²) in [6, 6.07) is 0. The van der Waals surface area contributed by atoms with E-state index in [1.165, 1.54) is 12.8 Å². The molecular weight excluding hydrogens is 152 g/mol. The highest BCUT2D eigenvalue weighted by Crippen LogP contribution is 2.17. The molecule has 2 fully saturated rings. The van der Waals surface area contributed by atoms with Crippen LogP contribution in [0.1, 0.15) is 25.7 Å². The van der Waals surface area contributed by atoms with Gasteiger partial charge in [-0.15, -0.1) is 0 Å². The molecule has 0 aromatic carbocycles. The third-order valence-corrected chi connectivity index (χ3v) is 2.68. The predicted molar refractivity (Wildman–Crippen MR) is 47.5 cm³/mol. The van der Waals surface area contributed by atoms with E-state index in [1.807, 2.05) is 0 Å². The second-order valence-electron chi connectivity index (χ2n) is 3.58. The Balaban J connectivity index is 1.89. The van der Waals surface area contributed by atoms with Gasteiger partial charge in [0.15, 0.2) is 0 Å². The van der Waals surface area contributed by atoms with Crippen molar-refractivity contribution < 1.29 is 4.74 Å². The Kier molecular flexibility index (Phi) is 2.30. The zero-order valence-corrected chi connectivity index (χ0v) is 7.38. The Labute approximate surface area is 73.2 Å². The van der Waals surface area contributed by atoms with Gasteiger partial charge in [-0.2, -0.15) is 0 Å². The van der Waals surface area contributed by atoms with E-state index < -0.39 is 0 Å². The average Bonchev–Trinajstić information content (AvgIpc) is 2.77. The van der Waals surface area contributed by atoms with Crippen LogP contribution < -0.4 is 0 Å². The zero-order chi connectivity index (χ0) is 8.39. The van der Waals surface area contributed by atoms with Crippen LogP contribution in [0.2, 0.25) is 0 Å². The Hall–Kier alpha value is -0.570. The normalized spacial score (nSPS) is 29.7. The van der Waals surface area contributed by atoms with Gasteiger partial charge in [0.25, 0.3) is 0 Å². The minimum atomic E-state index is 0.114. The number of ether oxygens (including phenoxy) is 1. The van der Waals surface area contributed by atoms with Crippen molar-refractivity contribution in [2.45, 2.75) is 31.8 Å². The standard InChI is InChI=1S/C9H16N2O/c10-9(8-4-3-7-12-8)11-5-1-2-6-11/h8,10H,1-7H2. The highest BCUT2D eigenvalue weighted by molar-refractivity contribution is 5.84. The maximum atomic E-state index is 7.88. The third-order valence-electron chi connectivity index (χ3n) is 2.68. The Bertz CT molecular complexity index is 151. The molecule has 2 aliphatic rings. The second kappa shape index (κ2) is 3.44. The van der Waals surface area contributed by atoms with Crippen LogP contribution >= 0.6 is 0 Å². The van der Waals surface area contributed by atoms with Crippen molar-refractivity contribution in [2.24, 2.45) is 0 Å². The molecule has 1 atom stereocenters. The molecular formula is C9H16N2O. The van der Waals surface area contributed by atoms with Crippen LogP contribution in [0.15, 0.2) is 0 Å². The monoisotopic (exact) mass is 168 g/mol. The lowest BCUT2D eigenvalue weighted by Gasteiger charge is -2.22. The molecule has 0 aliphatic carbocycles. The van der Waals surface area contributed by atoms with Gasteiger partial charge in [-0.3, -0.25) is 5.41 Å². The van der Waals surface area contributed by atoms with Crippen LogP contribution in [0.25, 0.3) is 0 Å². The largest absolute Gasteiger partial charge is 0.370 e. The summed E-state index contributed by atoms with van der Waals surface area (Å²) >= 11 is 0. The Morgan fingerprint density at radius 3 is 2.58 bits per heavy atom. The predicted octanol–water partition coefficient (Wildman–Crippen LogP) is 1.24. The summed E-state index contributed by atoms with van der Waals surface area (Å²) in [7, 11) is 0. The fraction of sp³-hybridized carbons (Fsp3) is 0.889. The molecule has 2 aliphatic heterocycles. The summed E-state index contributed by atoms with van der Waals surface area (Å²) in [6.45, 7) is 2.98. The SMILES string of the molecule is N=C(C1CCCO1)N1CCCC1. The highest BCUT2D eigenvalue weighted by Gasteiger charge is 2.26. The first-order valence-electron chi connectivity index (χ1n) is 4.83. The van der Waals surface area contributed by atoms with Crippen LogP contribution in [0.3, 0.4) is 0 Å². The maximum Gasteiger partial charge on any atom is 0.126 e. The van der Waals surface area contributed by atoms with Gasteiger partial charge in [0, 0.05) is 19.7 Å². The first-order chi connectivity index (χ1) is 5.88. The molecule has 0 amide bonds. The van der Waals surface area contributed by atoms with Crippen molar-refractivity contribution >= 4 is 5.84 Å². The smallest absolute Gasteiger partial charge is 0.126 e. The number of nitrogens with one attached hydrogen (secondary N) is 1. The fourth-order valence-electron chi connectivity index (χ4n) is 1.95. The van der Waals surface area contributed by atoms with Crippen LogP contribution in [-0.2, 0) is 4.74 Å². The Morgan fingerprint density at radius 1 is 1.25 bits per heavy atom. The molecule has 2 heterocycles. The summed E-state index contributed by atoms with van der Waals surface area (Å²) in [4.78, 5) is 2.16. The molecule has 0 saturated carbocycles. The van der Waals surface area contributed by atoms with Crippen LogP contribution in [0.4, 0.5) is 0 Å². The minimum Gasteiger partial charge on any atom is -0.370 e. The molecule has 0 aromatic rings. The molecule has 0 bridgehead atoms. The summed E-state index contributed by atoms with van der Waals surface area (Å²) in [5.41, 5.74) is 0. The molecule has 1 N–H and O–H groups in total. The molecule has 2 rings (SSSR count). The van der Waals surface area contributed by atoms with E-state index in [-0.39, 0.29) is 6.10 Å². The molecule has 12 heavy (non-hydrogen) atoms. The number of hydrogen-bond acceptors (Lipinski definition) is 2. The van der Waals surface area contributed by atoms with Crippen LogP contribution in [0, 0.1) is 5.41 Å². The quantitative estimate of drug-likeness (QED) is 0.472. The van der Waals surface area contributed by atoms with Gasteiger partial charge >= 0.3 is 0 Å². The Morgan fingerprint density at radius 2 is 2.00 bits per heavy atom. The van der Waals surface area contributed by atoms with Gasteiger partial charge < -0.3 is 9.64 Å². The van der Waals surface area contributed by atoms with E-state index >= 15 is 0 Å². The number of amidine groups is 1. The summed E-state index contributed by atoms with van der Waals surface area (Å²) < 4.78 is 5.46. The van der Waals surface area contributed by atoms with Gasteiger partial charge in [-0.25, -0.2) is 0 Å². The topological polar surface area (TPSA) is 36.3 Å². The lowest BCUT2D eigenvalue weighted by Crippen LogP contribution is -2.36. The molecule has 0 radical (unpaired) electrons. The second-order valence-corrected chi connectivity index (χ2v) is 3.58. The fourth-order valence-corrected chi connectivity index (χ4v) is 1.95. The van der Waals surface area contributed by atoms with Crippen molar-refractivity contribution in [3.05, 3.63) is 0 Å². The molecule has 68 valence electrons. The van der Waals surface area contributed by atoms with Crippen LogP contribution in [-0.4, -0.2) is 36.5 Å². The summed E-state index contributed by atoms with van der Waals surface area (Å²) in [5.74, 6) is 0.727. The van der Waals surface area contributed by atoms with Crippen molar-refractivity contribution in [2.75, 3.05) is 19.7 Å². The third kappa shape index (κ3) is 1.46. The highest BCUT2D eigenvalue weighted by atomic mass is 16.5. The minimum absolute atomic E-state index is 0.114. The summed E-state index contributed by atoms with van der Waals surface area (Å²) in [6.07, 6.45) is 4.78. The molecule has 2 saturated heterocycles. The zero-order valence-electron chi connectivity index (χ0n) is 7.38. The van der Waals surface area contributed by atoms with Crippen molar-refractivity contribution in [1.29, 1.82) is 5.41 Å². The van der Waals surface area contributed by atoms with E-state index in [0.717, 1.165) is 38.4 Å². The van der Waals surface area contributed by atoms with E-state index in [9.17, 15) is 0 Å². The van der Waals surface area contributed by atoms with E-state index in [0.29, 0.717) is 0 Å². The number of rotatable bonds is 1. The maximum absolute atomic E-state index is 7.88. The first-order valence-corrected chi connectivity index (χ1v) is 4.83. The first kappa shape index (κ1) is 8.05.